The standard InChI is InChI=1S/C12H13N3O/c1-14(2)8-6-11(16)10-9-13-12-5-3-4-7-15(10)12/h3-9H,1-2H3/b8-6-. The summed E-state index contributed by atoms with van der Waals surface area (Å²) in [5.74, 6) is -0.0487. The van der Waals surface area contributed by atoms with E-state index in [1.807, 2.05) is 43.4 Å². The SMILES string of the molecule is CN(C)/C=C\C(=O)c1cnc2ccccn12. The summed E-state index contributed by atoms with van der Waals surface area (Å²) in [6, 6.07) is 5.64. The second-order valence-electron chi connectivity index (χ2n) is 3.72. The van der Waals surface area contributed by atoms with Gasteiger partial charge >= 0.3 is 0 Å². The molecule has 0 aliphatic heterocycles. The minimum Gasteiger partial charge on any atom is -0.383 e. The molecule has 82 valence electrons. The maximum absolute atomic E-state index is 11.8. The maximum Gasteiger partial charge on any atom is 0.205 e. The van der Waals surface area contributed by atoms with Crippen LogP contribution in [-0.4, -0.2) is 34.2 Å². The Kier molecular flexibility index (Phi) is 2.72. The second-order valence-corrected chi connectivity index (χ2v) is 3.72. The fourth-order valence-corrected chi connectivity index (χ4v) is 1.42. The molecule has 0 saturated heterocycles. The van der Waals surface area contributed by atoms with Gasteiger partial charge in [-0.25, -0.2) is 4.98 Å². The zero-order valence-electron chi connectivity index (χ0n) is 9.29. The summed E-state index contributed by atoms with van der Waals surface area (Å²) in [5, 5.41) is 0. The van der Waals surface area contributed by atoms with E-state index in [0.717, 1.165) is 5.65 Å². The van der Waals surface area contributed by atoms with Gasteiger partial charge in [0.15, 0.2) is 0 Å². The predicted molar refractivity (Wildman–Crippen MR) is 62.3 cm³/mol. The molecule has 0 bridgehead atoms. The molecule has 0 unspecified atom stereocenters. The maximum atomic E-state index is 11.8. The van der Waals surface area contributed by atoms with Gasteiger partial charge in [-0.15, -0.1) is 0 Å². The van der Waals surface area contributed by atoms with Crippen molar-refractivity contribution in [1.82, 2.24) is 14.3 Å². The summed E-state index contributed by atoms with van der Waals surface area (Å²) in [5.41, 5.74) is 1.36. The molecule has 0 aliphatic rings. The van der Waals surface area contributed by atoms with Crippen LogP contribution in [0.2, 0.25) is 0 Å². The summed E-state index contributed by atoms with van der Waals surface area (Å²) in [6.45, 7) is 0. The number of carbonyl (C=O) groups is 1. The number of fused-ring (bicyclic) bond motifs is 1. The van der Waals surface area contributed by atoms with Crippen LogP contribution in [0.1, 0.15) is 10.5 Å². The molecule has 0 aliphatic carbocycles. The fraction of sp³-hybridized carbons (Fsp3) is 0.167. The average molecular weight is 215 g/mol. The van der Waals surface area contributed by atoms with Crippen LogP contribution >= 0.6 is 0 Å². The number of hydrogen-bond donors (Lipinski definition) is 0. The van der Waals surface area contributed by atoms with Gasteiger partial charge in [0, 0.05) is 32.6 Å². The van der Waals surface area contributed by atoms with Crippen molar-refractivity contribution >= 4 is 11.4 Å². The van der Waals surface area contributed by atoms with E-state index in [4.69, 9.17) is 0 Å². The van der Waals surface area contributed by atoms with Crippen molar-refractivity contribution in [2.24, 2.45) is 0 Å². The average Bonchev–Trinajstić information content (AvgIpc) is 2.69. The van der Waals surface area contributed by atoms with E-state index in [0.29, 0.717) is 5.69 Å². The second kappa shape index (κ2) is 4.18. The van der Waals surface area contributed by atoms with Crippen molar-refractivity contribution < 1.29 is 4.79 Å². The number of pyridine rings is 1. The first kappa shape index (κ1) is 10.4. The largest absolute Gasteiger partial charge is 0.383 e. The first-order valence-electron chi connectivity index (χ1n) is 4.99. The highest BCUT2D eigenvalue weighted by Gasteiger charge is 2.08. The normalized spacial score (nSPS) is 11.1. The smallest absolute Gasteiger partial charge is 0.205 e. The number of nitrogens with zero attached hydrogens (tertiary/aromatic N) is 3. The van der Waals surface area contributed by atoms with E-state index in [-0.39, 0.29) is 5.78 Å². The summed E-state index contributed by atoms with van der Waals surface area (Å²) < 4.78 is 1.78. The van der Waals surface area contributed by atoms with Crippen molar-refractivity contribution in [3.05, 3.63) is 48.6 Å². The lowest BCUT2D eigenvalue weighted by Crippen LogP contribution is -2.04. The quantitative estimate of drug-likeness (QED) is 0.576. The number of allylic oxidation sites excluding steroid dienone is 1. The molecule has 0 radical (unpaired) electrons. The number of hydrogen-bond acceptors (Lipinski definition) is 3. The van der Waals surface area contributed by atoms with Gasteiger partial charge in [-0.1, -0.05) is 6.07 Å². The van der Waals surface area contributed by atoms with E-state index in [2.05, 4.69) is 4.98 Å². The molecule has 0 atom stereocenters. The van der Waals surface area contributed by atoms with Crippen molar-refractivity contribution in [3.8, 4) is 0 Å². The Balaban J connectivity index is 2.37. The van der Waals surface area contributed by atoms with E-state index in [9.17, 15) is 4.79 Å². The van der Waals surface area contributed by atoms with Crippen LogP contribution in [0.4, 0.5) is 0 Å². The van der Waals surface area contributed by atoms with Crippen molar-refractivity contribution in [1.29, 1.82) is 0 Å². The Morgan fingerprint density at radius 3 is 3.00 bits per heavy atom. The third kappa shape index (κ3) is 1.95. The number of rotatable bonds is 3. The summed E-state index contributed by atoms with van der Waals surface area (Å²) in [4.78, 5) is 17.8. The third-order valence-electron chi connectivity index (χ3n) is 2.19. The molecule has 16 heavy (non-hydrogen) atoms. The van der Waals surface area contributed by atoms with E-state index < -0.39 is 0 Å². The van der Waals surface area contributed by atoms with Crippen LogP contribution in [0.3, 0.4) is 0 Å². The lowest BCUT2D eigenvalue weighted by Gasteiger charge is -2.02. The van der Waals surface area contributed by atoms with E-state index in [1.54, 1.807) is 16.8 Å². The summed E-state index contributed by atoms with van der Waals surface area (Å²) in [7, 11) is 3.75. The van der Waals surface area contributed by atoms with Gasteiger partial charge in [0.1, 0.15) is 11.3 Å². The molecule has 0 aromatic carbocycles. The first-order chi connectivity index (χ1) is 7.68. The molecule has 2 rings (SSSR count). The topological polar surface area (TPSA) is 37.6 Å². The predicted octanol–water partition coefficient (Wildman–Crippen LogP) is 1.59. The molecular formula is C12H13N3O. The van der Waals surface area contributed by atoms with Crippen LogP contribution in [-0.2, 0) is 0 Å². The van der Waals surface area contributed by atoms with Crippen LogP contribution in [0.15, 0.2) is 42.9 Å². The Hall–Kier alpha value is -2.10. The van der Waals surface area contributed by atoms with Gasteiger partial charge in [0.2, 0.25) is 5.78 Å². The molecule has 0 N–H and O–H groups in total. The first-order valence-corrected chi connectivity index (χ1v) is 4.99. The Bertz CT molecular complexity index is 540. The van der Waals surface area contributed by atoms with Gasteiger partial charge in [-0.2, -0.15) is 0 Å². The molecule has 4 nitrogen and oxygen atoms in total. The molecular weight excluding hydrogens is 202 g/mol. The molecule has 0 spiro atoms. The van der Waals surface area contributed by atoms with Crippen molar-refractivity contribution in [3.63, 3.8) is 0 Å². The summed E-state index contributed by atoms with van der Waals surface area (Å²) in [6.07, 6.45) is 6.69. The third-order valence-corrected chi connectivity index (χ3v) is 2.19. The van der Waals surface area contributed by atoms with Crippen LogP contribution in [0.5, 0.6) is 0 Å². The van der Waals surface area contributed by atoms with Crippen LogP contribution in [0, 0.1) is 0 Å². The molecule has 2 aromatic rings. The highest BCUT2D eigenvalue weighted by Crippen LogP contribution is 2.07. The Morgan fingerprint density at radius 1 is 1.44 bits per heavy atom. The fourth-order valence-electron chi connectivity index (χ4n) is 1.42. The van der Waals surface area contributed by atoms with E-state index in [1.165, 1.54) is 6.08 Å². The lowest BCUT2D eigenvalue weighted by atomic mass is 10.3. The zero-order valence-corrected chi connectivity index (χ0v) is 9.29. The van der Waals surface area contributed by atoms with Gasteiger partial charge < -0.3 is 4.90 Å². The molecule has 0 saturated carbocycles. The number of aromatic nitrogens is 2. The molecule has 2 aromatic heterocycles. The van der Waals surface area contributed by atoms with Gasteiger partial charge in [-0.05, 0) is 12.1 Å². The number of carbonyl (C=O) groups excluding carboxylic acids is 1. The van der Waals surface area contributed by atoms with Gasteiger partial charge in [0.05, 0.1) is 6.20 Å². The lowest BCUT2D eigenvalue weighted by molar-refractivity contribution is 0.104. The monoisotopic (exact) mass is 215 g/mol. The Labute approximate surface area is 93.8 Å². The minimum atomic E-state index is -0.0487. The van der Waals surface area contributed by atoms with Crippen molar-refractivity contribution in [2.45, 2.75) is 0 Å². The molecule has 4 heteroatoms. The van der Waals surface area contributed by atoms with Gasteiger partial charge in [-0.3, -0.25) is 9.20 Å². The Morgan fingerprint density at radius 2 is 2.25 bits per heavy atom. The molecule has 0 fully saturated rings. The minimum absolute atomic E-state index is 0.0487. The molecule has 2 heterocycles. The summed E-state index contributed by atoms with van der Waals surface area (Å²) >= 11 is 0. The van der Waals surface area contributed by atoms with E-state index >= 15 is 0 Å². The van der Waals surface area contributed by atoms with Crippen LogP contribution in [0.25, 0.3) is 5.65 Å². The van der Waals surface area contributed by atoms with Crippen molar-refractivity contribution in [2.75, 3.05) is 14.1 Å². The highest BCUT2D eigenvalue weighted by atomic mass is 16.1. The highest BCUT2D eigenvalue weighted by molar-refractivity contribution is 6.03. The molecule has 0 amide bonds. The van der Waals surface area contributed by atoms with Gasteiger partial charge in [0.25, 0.3) is 0 Å². The zero-order chi connectivity index (χ0) is 11.5. The number of ketones is 1. The van der Waals surface area contributed by atoms with Crippen LogP contribution < -0.4 is 0 Å². The number of imidazole rings is 1.